The summed E-state index contributed by atoms with van der Waals surface area (Å²) < 4.78 is 0. The van der Waals surface area contributed by atoms with Crippen molar-refractivity contribution in [3.63, 3.8) is 0 Å². The van der Waals surface area contributed by atoms with Crippen LogP contribution in [0.5, 0.6) is 0 Å². The maximum absolute atomic E-state index is 5.13. The molecule has 0 saturated carbocycles. The lowest BCUT2D eigenvalue weighted by Gasteiger charge is -2.21. The van der Waals surface area contributed by atoms with Crippen LogP contribution in [0, 0.1) is 0 Å². The number of nitrogens with zero attached hydrogens (tertiary/aromatic N) is 2. The Bertz CT molecular complexity index is 1380. The predicted molar refractivity (Wildman–Crippen MR) is 123 cm³/mol. The molecular weight excluding hydrogens is 364 g/mol. The van der Waals surface area contributed by atoms with Crippen molar-refractivity contribution in [2.24, 2.45) is 0 Å². The van der Waals surface area contributed by atoms with Gasteiger partial charge in [-0.05, 0) is 72.2 Å². The maximum Gasteiger partial charge on any atom is 0.0744 e. The van der Waals surface area contributed by atoms with Gasteiger partial charge in [0, 0.05) is 21.9 Å². The van der Waals surface area contributed by atoms with Gasteiger partial charge in [-0.1, -0.05) is 48.5 Å². The zero-order valence-electron chi connectivity index (χ0n) is 16.7. The van der Waals surface area contributed by atoms with Crippen molar-refractivity contribution < 1.29 is 0 Å². The van der Waals surface area contributed by atoms with Gasteiger partial charge in [0.05, 0.1) is 22.4 Å². The van der Waals surface area contributed by atoms with E-state index in [0.29, 0.717) is 0 Å². The topological polar surface area (TPSA) is 25.8 Å². The molecule has 30 heavy (non-hydrogen) atoms. The second kappa shape index (κ2) is 5.99. The zero-order valence-corrected chi connectivity index (χ0v) is 16.7. The summed E-state index contributed by atoms with van der Waals surface area (Å²) in [5, 5.41) is 2.47. The van der Waals surface area contributed by atoms with Gasteiger partial charge in [-0.15, -0.1) is 0 Å². The molecule has 0 aliphatic heterocycles. The minimum absolute atomic E-state index is 1.05. The van der Waals surface area contributed by atoms with Crippen LogP contribution in [0.1, 0.15) is 22.3 Å². The molecule has 7 rings (SSSR count). The van der Waals surface area contributed by atoms with E-state index < -0.39 is 0 Å². The van der Waals surface area contributed by atoms with E-state index >= 15 is 0 Å². The summed E-state index contributed by atoms with van der Waals surface area (Å²) in [6, 6.07) is 26.4. The highest BCUT2D eigenvalue weighted by Crippen LogP contribution is 2.38. The number of hydrogen-bond donors (Lipinski definition) is 0. The van der Waals surface area contributed by atoms with Gasteiger partial charge in [0.15, 0.2) is 0 Å². The molecule has 2 nitrogen and oxygen atoms in total. The van der Waals surface area contributed by atoms with E-state index in [2.05, 4.69) is 72.8 Å². The average molecular weight is 384 g/mol. The molecular formula is C28H20N2. The first kappa shape index (κ1) is 16.3. The molecule has 0 bridgehead atoms. The fourth-order valence-corrected chi connectivity index (χ4v) is 5.31. The van der Waals surface area contributed by atoms with Gasteiger partial charge in [0.1, 0.15) is 0 Å². The summed E-state index contributed by atoms with van der Waals surface area (Å²) in [4.78, 5) is 10.3. The van der Waals surface area contributed by atoms with Crippen LogP contribution in [0.4, 0.5) is 0 Å². The molecule has 0 radical (unpaired) electrons. The molecule has 0 fully saturated rings. The van der Waals surface area contributed by atoms with Crippen molar-refractivity contribution in [2.75, 3.05) is 0 Å². The Morgan fingerprint density at radius 1 is 0.467 bits per heavy atom. The highest BCUT2D eigenvalue weighted by Gasteiger charge is 2.21. The number of hydrogen-bond acceptors (Lipinski definition) is 2. The lowest BCUT2D eigenvalue weighted by molar-refractivity contribution is 0.931. The SMILES string of the molecule is c1ccc2c(c1)CCc1cc3c(ccc4nc5c(cc43)CCc3ccccc3-5)nc1-2. The molecule has 0 N–H and O–H groups in total. The first-order valence-electron chi connectivity index (χ1n) is 10.8. The summed E-state index contributed by atoms with van der Waals surface area (Å²) in [6.07, 6.45) is 4.28. The molecule has 2 aliphatic carbocycles. The molecule has 2 aromatic heterocycles. The number of rotatable bonds is 0. The summed E-state index contributed by atoms with van der Waals surface area (Å²) in [7, 11) is 0. The Hall–Kier alpha value is -3.52. The van der Waals surface area contributed by atoms with Crippen LogP contribution in [0.2, 0.25) is 0 Å². The van der Waals surface area contributed by atoms with Crippen molar-refractivity contribution in [3.05, 3.63) is 95.1 Å². The third-order valence-corrected chi connectivity index (χ3v) is 6.82. The second-order valence-electron chi connectivity index (χ2n) is 8.51. The van der Waals surface area contributed by atoms with Crippen molar-refractivity contribution >= 4 is 21.8 Å². The summed E-state index contributed by atoms with van der Waals surface area (Å²) in [5.41, 5.74) is 12.6. The van der Waals surface area contributed by atoms with E-state index in [1.165, 1.54) is 44.2 Å². The highest BCUT2D eigenvalue weighted by atomic mass is 14.7. The molecule has 0 amide bonds. The van der Waals surface area contributed by atoms with E-state index in [-0.39, 0.29) is 0 Å². The van der Waals surface area contributed by atoms with Gasteiger partial charge in [0.2, 0.25) is 0 Å². The van der Waals surface area contributed by atoms with Gasteiger partial charge in [0.25, 0.3) is 0 Å². The first-order valence-corrected chi connectivity index (χ1v) is 10.8. The van der Waals surface area contributed by atoms with Crippen LogP contribution in [-0.2, 0) is 25.7 Å². The smallest absolute Gasteiger partial charge is 0.0744 e. The summed E-state index contributed by atoms with van der Waals surface area (Å²) in [5.74, 6) is 0. The van der Waals surface area contributed by atoms with Crippen molar-refractivity contribution in [2.45, 2.75) is 25.7 Å². The zero-order chi connectivity index (χ0) is 19.7. The Morgan fingerprint density at radius 2 is 0.900 bits per heavy atom. The monoisotopic (exact) mass is 384 g/mol. The number of benzene rings is 3. The summed E-state index contributed by atoms with van der Waals surface area (Å²) in [6.45, 7) is 0. The highest BCUT2D eigenvalue weighted by molar-refractivity contribution is 6.07. The van der Waals surface area contributed by atoms with Gasteiger partial charge >= 0.3 is 0 Å². The molecule has 142 valence electrons. The van der Waals surface area contributed by atoms with Crippen LogP contribution in [0.15, 0.2) is 72.8 Å². The van der Waals surface area contributed by atoms with E-state index in [0.717, 1.165) is 48.1 Å². The molecule has 2 aliphatic rings. The standard InChI is InChI=1S/C28H20N2/c1-3-7-21-17(5-1)9-11-19-15-23-24-16-20-12-10-18-6-2-4-8-22(18)28(20)30-26(24)14-13-25(23)29-27(19)21/h1-8,13-16H,9-12H2. The van der Waals surface area contributed by atoms with Gasteiger partial charge in [-0.3, -0.25) is 0 Å². The number of aryl methyl sites for hydroxylation is 4. The van der Waals surface area contributed by atoms with Crippen LogP contribution < -0.4 is 0 Å². The number of fused-ring (bicyclic) bond motifs is 9. The van der Waals surface area contributed by atoms with E-state index in [1.807, 2.05) is 0 Å². The first-order chi connectivity index (χ1) is 14.8. The molecule has 2 heterocycles. The average Bonchev–Trinajstić information content (AvgIpc) is 2.81. The normalized spacial score (nSPS) is 14.1. The Morgan fingerprint density at radius 3 is 1.40 bits per heavy atom. The summed E-state index contributed by atoms with van der Waals surface area (Å²) >= 11 is 0. The lowest BCUT2D eigenvalue weighted by Crippen LogP contribution is -2.07. The molecule has 0 atom stereocenters. The quantitative estimate of drug-likeness (QED) is 0.292. The van der Waals surface area contributed by atoms with Gasteiger partial charge in [-0.25, -0.2) is 9.97 Å². The Kier molecular flexibility index (Phi) is 3.25. The molecule has 0 spiro atoms. The molecule has 3 aromatic carbocycles. The van der Waals surface area contributed by atoms with Crippen LogP contribution >= 0.6 is 0 Å². The van der Waals surface area contributed by atoms with Crippen LogP contribution in [0.3, 0.4) is 0 Å². The van der Waals surface area contributed by atoms with Crippen molar-refractivity contribution in [1.82, 2.24) is 9.97 Å². The van der Waals surface area contributed by atoms with Crippen LogP contribution in [-0.4, -0.2) is 9.97 Å². The van der Waals surface area contributed by atoms with Gasteiger partial charge < -0.3 is 0 Å². The molecule has 5 aromatic rings. The van der Waals surface area contributed by atoms with Crippen molar-refractivity contribution in [3.8, 4) is 22.5 Å². The second-order valence-corrected chi connectivity index (χ2v) is 8.51. The van der Waals surface area contributed by atoms with E-state index in [4.69, 9.17) is 9.97 Å². The molecule has 0 saturated heterocycles. The van der Waals surface area contributed by atoms with E-state index in [9.17, 15) is 0 Å². The Balaban J connectivity index is 1.49. The third-order valence-electron chi connectivity index (χ3n) is 6.82. The van der Waals surface area contributed by atoms with E-state index in [1.54, 1.807) is 0 Å². The molecule has 0 unspecified atom stereocenters. The molecule has 2 heteroatoms. The minimum atomic E-state index is 1.05. The maximum atomic E-state index is 5.13. The van der Waals surface area contributed by atoms with Gasteiger partial charge in [-0.2, -0.15) is 0 Å². The van der Waals surface area contributed by atoms with Crippen molar-refractivity contribution in [1.29, 1.82) is 0 Å². The predicted octanol–water partition coefficient (Wildman–Crippen LogP) is 6.31. The minimum Gasteiger partial charge on any atom is -0.247 e. The lowest BCUT2D eigenvalue weighted by atomic mass is 9.86. The fourth-order valence-electron chi connectivity index (χ4n) is 5.31. The largest absolute Gasteiger partial charge is 0.247 e. The third kappa shape index (κ3) is 2.25. The van der Waals surface area contributed by atoms with Crippen LogP contribution in [0.25, 0.3) is 44.3 Å². The number of aromatic nitrogens is 2. The Labute approximate surface area is 175 Å². The fraction of sp³-hybridized carbons (Fsp3) is 0.143. The number of pyridine rings is 2.